The lowest BCUT2D eigenvalue weighted by Crippen LogP contribution is -2.59. The third kappa shape index (κ3) is 17.1. The summed E-state index contributed by atoms with van der Waals surface area (Å²) in [4.78, 5) is 94.3. The number of nitrogens with one attached hydrogen (secondary N) is 2. The fourth-order valence-electron chi connectivity index (χ4n) is 9.17. The molecule has 1 fully saturated rings. The number of hydrogen-bond acceptors (Lipinski definition) is 13. The molecule has 3 unspecified atom stereocenters. The van der Waals surface area contributed by atoms with Crippen molar-refractivity contribution in [1.82, 2.24) is 40.1 Å². The summed E-state index contributed by atoms with van der Waals surface area (Å²) in [6.07, 6.45) is 0.209. The first kappa shape index (κ1) is 60.4. The zero-order valence-corrected chi connectivity index (χ0v) is 46.5. The fourth-order valence-corrected chi connectivity index (χ4v) is 12.1. The molecule has 394 valence electrons. The summed E-state index contributed by atoms with van der Waals surface area (Å²) in [6, 6.07) is 7.09. The van der Waals surface area contributed by atoms with Crippen LogP contribution in [0.1, 0.15) is 101 Å². The van der Waals surface area contributed by atoms with Crippen molar-refractivity contribution in [2.75, 3.05) is 80.6 Å². The number of amides is 6. The molecule has 0 radical (unpaired) electrons. The van der Waals surface area contributed by atoms with Crippen LogP contribution in [-0.2, 0) is 35.1 Å². The van der Waals surface area contributed by atoms with Crippen molar-refractivity contribution >= 4 is 68.6 Å². The summed E-state index contributed by atoms with van der Waals surface area (Å²) >= 11 is 1.31. The second-order valence-electron chi connectivity index (χ2n) is 19.4. The summed E-state index contributed by atoms with van der Waals surface area (Å²) in [5.74, 6) is -0.774. The molecule has 0 saturated carbocycles. The Labute approximate surface area is 429 Å². The van der Waals surface area contributed by atoms with Crippen LogP contribution in [0.15, 0.2) is 35.7 Å². The third-order valence-corrected chi connectivity index (χ3v) is 16.7. The van der Waals surface area contributed by atoms with Gasteiger partial charge in [-0.2, -0.15) is 0 Å². The molecule has 1 aromatic heterocycles. The van der Waals surface area contributed by atoms with Gasteiger partial charge in [0.1, 0.15) is 16.7 Å². The Hall–Kier alpha value is -3.95. The van der Waals surface area contributed by atoms with Crippen molar-refractivity contribution in [1.29, 1.82) is 0 Å². The number of benzene rings is 1. The van der Waals surface area contributed by atoms with E-state index in [9.17, 15) is 28.8 Å². The van der Waals surface area contributed by atoms with Crippen molar-refractivity contribution in [3.8, 4) is 0 Å². The van der Waals surface area contributed by atoms with Gasteiger partial charge in [0.25, 0.3) is 5.91 Å². The van der Waals surface area contributed by atoms with Crippen LogP contribution in [0, 0.1) is 23.7 Å². The number of aromatic nitrogens is 1. The summed E-state index contributed by atoms with van der Waals surface area (Å²) in [5.41, 5.74) is 1.26. The summed E-state index contributed by atoms with van der Waals surface area (Å²) in [6.45, 7) is 15.0. The van der Waals surface area contributed by atoms with E-state index in [4.69, 9.17) is 19.6 Å². The molecule has 2 heterocycles. The second kappa shape index (κ2) is 29.5. The Kier molecular flexibility index (Phi) is 25.5. The standard InChI is InChI=1S/C50H82N8O9S3/c1-15-33(6)43(57(12)49(63)41(31(2)3)53-46(61)42(32(4)5)54(8)9)39(66-13)29-40(59)58-23-19-22-38(58)44(67-14)34(7)45(60)51-36(28-35-20-17-16-18-21-35)47-52-37(30-68-47)48(62)55(10)24-26-69-70-27-25-56(11)50(64)65/h16-18,20-21,30-34,36,38-39,41-44H,15,19,22-29H2,1-14H3,(H,51,60)(H,53,61)(H,64,65)/t33-,34+,36-,38?,39+,41?,42?,43-,44+/m0/s1. The number of carboxylic acid groups (broad SMARTS) is 1. The van der Waals surface area contributed by atoms with Crippen molar-refractivity contribution in [2.24, 2.45) is 23.7 Å². The molecule has 3 rings (SSSR count). The quantitative estimate of drug-likeness (QED) is 0.0612. The Morgan fingerprint density at radius 1 is 0.871 bits per heavy atom. The predicted molar refractivity (Wildman–Crippen MR) is 281 cm³/mol. The average molecular weight is 1040 g/mol. The minimum absolute atomic E-state index is 0.00491. The van der Waals surface area contributed by atoms with E-state index < -0.39 is 54.4 Å². The van der Waals surface area contributed by atoms with E-state index in [1.807, 2.05) is 90.9 Å². The molecule has 1 aromatic carbocycles. The van der Waals surface area contributed by atoms with Crippen LogP contribution < -0.4 is 10.6 Å². The molecule has 0 bridgehead atoms. The summed E-state index contributed by atoms with van der Waals surface area (Å²) in [7, 11) is 14.9. The zero-order chi connectivity index (χ0) is 52.4. The second-order valence-corrected chi connectivity index (χ2v) is 23.0. The number of ether oxygens (including phenoxy) is 2. The maximum absolute atomic E-state index is 14.5. The molecule has 3 N–H and O–H groups in total. The number of thiazole rings is 1. The van der Waals surface area contributed by atoms with Gasteiger partial charge < -0.3 is 44.8 Å². The SMILES string of the molecule is CC[C@H](C)[C@@H]([C@@H](CC(=O)N1CCCC1[C@H](OC)[C@@H](C)C(=O)N[C@@H](Cc1ccccc1)c1nc(C(=O)N(C)CCSSCCN(C)C(=O)O)cs1)OC)N(C)C(=O)C(NC(=O)C(C(C)C)N(C)C)C(C)C. The van der Waals surface area contributed by atoms with E-state index in [-0.39, 0.29) is 59.4 Å². The number of likely N-dealkylation sites (tertiary alicyclic amines) is 1. The van der Waals surface area contributed by atoms with Gasteiger partial charge in [0, 0.05) is 71.9 Å². The van der Waals surface area contributed by atoms with Crippen LogP contribution in [0.3, 0.4) is 0 Å². The minimum Gasteiger partial charge on any atom is -0.465 e. The Bertz CT molecular complexity index is 1970. The van der Waals surface area contributed by atoms with Crippen LogP contribution in [0.25, 0.3) is 0 Å². The Morgan fingerprint density at radius 2 is 1.50 bits per heavy atom. The molecule has 20 heteroatoms. The molecule has 6 amide bonds. The fraction of sp³-hybridized carbons (Fsp3) is 0.700. The number of nitrogens with zero attached hydrogens (tertiary/aromatic N) is 6. The Balaban J connectivity index is 1.78. The smallest absolute Gasteiger partial charge is 0.407 e. The third-order valence-electron chi connectivity index (χ3n) is 13.4. The van der Waals surface area contributed by atoms with Gasteiger partial charge in [0.15, 0.2) is 0 Å². The van der Waals surface area contributed by atoms with Gasteiger partial charge in [-0.05, 0) is 56.7 Å². The topological polar surface area (TPSA) is 194 Å². The van der Waals surface area contributed by atoms with Gasteiger partial charge in [0.05, 0.1) is 48.7 Å². The van der Waals surface area contributed by atoms with Crippen molar-refractivity contribution in [3.63, 3.8) is 0 Å². The lowest BCUT2D eigenvalue weighted by molar-refractivity contribution is -0.148. The molecule has 1 saturated heterocycles. The lowest BCUT2D eigenvalue weighted by atomic mass is 9.89. The molecule has 2 aromatic rings. The number of rotatable bonds is 29. The van der Waals surface area contributed by atoms with E-state index in [2.05, 4.69) is 10.6 Å². The zero-order valence-electron chi connectivity index (χ0n) is 44.0. The number of carbonyl (C=O) groups is 6. The van der Waals surface area contributed by atoms with E-state index >= 15 is 0 Å². The normalized spacial score (nSPS) is 17.3. The van der Waals surface area contributed by atoms with Crippen molar-refractivity contribution < 1.29 is 43.3 Å². The van der Waals surface area contributed by atoms with Gasteiger partial charge in [-0.25, -0.2) is 9.78 Å². The van der Waals surface area contributed by atoms with Gasteiger partial charge in [-0.1, -0.05) is 107 Å². The maximum Gasteiger partial charge on any atom is 0.407 e. The molecule has 1 aliphatic rings. The highest BCUT2D eigenvalue weighted by atomic mass is 33.1. The molecular weight excluding hydrogens is 953 g/mol. The lowest BCUT2D eigenvalue weighted by Gasteiger charge is -2.41. The first-order chi connectivity index (χ1) is 33.1. The highest BCUT2D eigenvalue weighted by Gasteiger charge is 2.43. The van der Waals surface area contributed by atoms with Crippen molar-refractivity contribution in [3.05, 3.63) is 52.0 Å². The summed E-state index contributed by atoms with van der Waals surface area (Å²) in [5, 5.41) is 17.6. The highest BCUT2D eigenvalue weighted by molar-refractivity contribution is 8.76. The van der Waals surface area contributed by atoms with Gasteiger partial charge >= 0.3 is 6.09 Å². The summed E-state index contributed by atoms with van der Waals surface area (Å²) < 4.78 is 12.2. The maximum atomic E-state index is 14.5. The first-order valence-corrected chi connectivity index (χ1v) is 27.8. The van der Waals surface area contributed by atoms with Gasteiger partial charge in [0.2, 0.25) is 23.6 Å². The number of hydrogen-bond donors (Lipinski definition) is 3. The van der Waals surface area contributed by atoms with Gasteiger partial charge in [-0.15, -0.1) is 11.3 Å². The Morgan fingerprint density at radius 3 is 2.04 bits per heavy atom. The predicted octanol–water partition coefficient (Wildman–Crippen LogP) is 6.25. The van der Waals surface area contributed by atoms with E-state index in [0.29, 0.717) is 55.4 Å². The number of likely N-dealkylation sites (N-methyl/N-ethyl adjacent to an activating group) is 2. The van der Waals surface area contributed by atoms with E-state index in [0.717, 1.165) is 12.0 Å². The molecule has 9 atom stereocenters. The van der Waals surface area contributed by atoms with Crippen LogP contribution in [0.4, 0.5) is 4.79 Å². The van der Waals surface area contributed by atoms with Crippen molar-refractivity contribution in [2.45, 2.75) is 123 Å². The van der Waals surface area contributed by atoms with Crippen LogP contribution in [-0.4, -0.2) is 187 Å². The first-order valence-electron chi connectivity index (χ1n) is 24.4. The van der Waals surface area contributed by atoms with Crippen LogP contribution in [0.5, 0.6) is 0 Å². The van der Waals surface area contributed by atoms with E-state index in [1.165, 1.54) is 23.3 Å². The number of carbonyl (C=O) groups excluding carboxylic acids is 5. The molecule has 0 spiro atoms. The monoisotopic (exact) mass is 1030 g/mol. The van der Waals surface area contributed by atoms with Crippen LogP contribution >= 0.6 is 32.9 Å². The van der Waals surface area contributed by atoms with Crippen LogP contribution in [0.2, 0.25) is 0 Å². The van der Waals surface area contributed by atoms with Gasteiger partial charge in [-0.3, -0.25) is 28.9 Å². The minimum atomic E-state index is -0.969. The molecule has 70 heavy (non-hydrogen) atoms. The molecule has 0 aliphatic carbocycles. The highest BCUT2D eigenvalue weighted by Crippen LogP contribution is 2.31. The molecule has 1 aliphatic heterocycles. The number of methoxy groups -OCH3 is 2. The average Bonchev–Trinajstić information content (AvgIpc) is 4.02. The van der Waals surface area contributed by atoms with E-state index in [1.54, 1.807) is 76.9 Å². The molecular formula is C50H82N8O9S3. The molecule has 17 nitrogen and oxygen atoms in total. The largest absolute Gasteiger partial charge is 0.465 e.